The number of anilines is 1. The number of ether oxygens (including phenoxy) is 2. The van der Waals surface area contributed by atoms with Crippen LogP contribution in [0.25, 0.3) is 0 Å². The monoisotopic (exact) mass is 566 g/mol. The first-order chi connectivity index (χ1) is 20.1. The molecule has 0 amide bonds. The lowest BCUT2D eigenvalue weighted by Gasteiger charge is -2.30. The van der Waals surface area contributed by atoms with Crippen molar-refractivity contribution in [1.29, 1.82) is 0 Å². The molecule has 2 atom stereocenters. The number of nitrogens with zero attached hydrogens (tertiary/aromatic N) is 2. The first kappa shape index (κ1) is 27.7. The Morgan fingerprint density at radius 3 is 2.24 bits per heavy atom. The van der Waals surface area contributed by atoms with Crippen molar-refractivity contribution in [3.63, 3.8) is 0 Å². The average Bonchev–Trinajstić information content (AvgIpc) is 3.28. The maximum Gasteiger partial charge on any atom is 0.120 e. The van der Waals surface area contributed by atoms with Gasteiger partial charge in [-0.2, -0.15) is 0 Å². The number of rotatable bonds is 10. The zero-order chi connectivity index (χ0) is 28.0. The number of benzene rings is 4. The molecular formula is C36H39ClN2O2. The van der Waals surface area contributed by atoms with Gasteiger partial charge in [0, 0.05) is 29.7 Å². The first-order valence-electron chi connectivity index (χ1n) is 14.9. The molecule has 0 saturated carbocycles. The highest BCUT2D eigenvalue weighted by molar-refractivity contribution is 6.30. The molecular weight excluding hydrogens is 528 g/mol. The van der Waals surface area contributed by atoms with Gasteiger partial charge in [0.15, 0.2) is 0 Å². The second kappa shape index (κ2) is 13.0. The van der Waals surface area contributed by atoms with Crippen LogP contribution in [0.5, 0.6) is 11.5 Å². The summed E-state index contributed by atoms with van der Waals surface area (Å²) in [7, 11) is 0. The molecule has 2 aliphatic rings. The fraction of sp³-hybridized carbons (Fsp3) is 0.333. The Hall–Kier alpha value is -3.47. The molecule has 0 spiro atoms. The second-order valence-corrected chi connectivity index (χ2v) is 11.7. The Balaban J connectivity index is 1.18. The van der Waals surface area contributed by atoms with Crippen LogP contribution >= 0.6 is 11.6 Å². The third kappa shape index (κ3) is 6.72. The molecule has 2 unspecified atom stereocenters. The molecule has 41 heavy (non-hydrogen) atoms. The molecule has 1 fully saturated rings. The molecule has 4 aromatic carbocycles. The van der Waals surface area contributed by atoms with Gasteiger partial charge in [-0.25, -0.2) is 0 Å². The van der Waals surface area contributed by atoms with E-state index in [9.17, 15) is 0 Å². The van der Waals surface area contributed by atoms with Crippen LogP contribution in [0.3, 0.4) is 0 Å². The third-order valence-corrected chi connectivity index (χ3v) is 8.72. The molecule has 0 aliphatic carbocycles. The van der Waals surface area contributed by atoms with E-state index in [0.29, 0.717) is 12.5 Å². The van der Waals surface area contributed by atoms with Gasteiger partial charge in [-0.15, -0.1) is 0 Å². The van der Waals surface area contributed by atoms with Gasteiger partial charge in [0.2, 0.25) is 0 Å². The number of hydrogen-bond donors (Lipinski definition) is 0. The van der Waals surface area contributed by atoms with Crippen LogP contribution in [0.15, 0.2) is 97.1 Å². The summed E-state index contributed by atoms with van der Waals surface area (Å²) in [6.07, 6.45) is 3.99. The molecule has 2 aliphatic heterocycles. The second-order valence-electron chi connectivity index (χ2n) is 11.3. The molecule has 2 heterocycles. The van der Waals surface area contributed by atoms with Gasteiger partial charge < -0.3 is 14.4 Å². The predicted molar refractivity (Wildman–Crippen MR) is 168 cm³/mol. The van der Waals surface area contributed by atoms with Crippen LogP contribution in [0.4, 0.5) is 5.69 Å². The van der Waals surface area contributed by atoms with Crippen molar-refractivity contribution in [3.05, 3.63) is 124 Å². The number of piperidine rings is 1. The van der Waals surface area contributed by atoms with Crippen molar-refractivity contribution in [2.45, 2.75) is 51.3 Å². The topological polar surface area (TPSA) is 24.9 Å². The van der Waals surface area contributed by atoms with Gasteiger partial charge >= 0.3 is 0 Å². The average molecular weight is 567 g/mol. The molecule has 0 radical (unpaired) electrons. The van der Waals surface area contributed by atoms with E-state index in [2.05, 4.69) is 83.5 Å². The minimum atomic E-state index is 0.201. The van der Waals surface area contributed by atoms with Crippen molar-refractivity contribution in [2.75, 3.05) is 31.1 Å². The highest BCUT2D eigenvalue weighted by atomic mass is 35.5. The van der Waals surface area contributed by atoms with E-state index in [4.69, 9.17) is 21.1 Å². The Kier molecular flexibility index (Phi) is 8.79. The van der Waals surface area contributed by atoms with Gasteiger partial charge in [0.1, 0.15) is 24.7 Å². The summed E-state index contributed by atoms with van der Waals surface area (Å²) >= 11 is 6.27. The molecule has 4 aromatic rings. The van der Waals surface area contributed by atoms with Crippen molar-refractivity contribution in [3.8, 4) is 11.5 Å². The maximum atomic E-state index is 6.27. The molecule has 0 aromatic heterocycles. The summed E-state index contributed by atoms with van der Waals surface area (Å²) in [5, 5.41) is 0.760. The molecule has 6 rings (SSSR count). The van der Waals surface area contributed by atoms with Gasteiger partial charge in [-0.3, -0.25) is 4.90 Å². The van der Waals surface area contributed by atoms with Crippen LogP contribution < -0.4 is 14.4 Å². The standard InChI is InChI=1S/C36H39ClN2O2/c1-27-34-24-33(41-26-29-8-4-2-5-9-29)18-19-35(34)39(36(27)30-12-14-31(37)15-13-30)25-28-10-16-32(17-11-28)40-23-22-38-20-6-3-7-21-38/h2,4-5,8-19,24,27,36H,3,6-7,20-23,25-26H2,1H3. The van der Waals surface area contributed by atoms with Gasteiger partial charge in [0.25, 0.3) is 0 Å². The quantitative estimate of drug-likeness (QED) is 0.192. The van der Waals surface area contributed by atoms with Crippen LogP contribution in [0.1, 0.15) is 60.4 Å². The summed E-state index contributed by atoms with van der Waals surface area (Å²) in [5.41, 5.74) is 6.26. The Morgan fingerprint density at radius 1 is 0.756 bits per heavy atom. The summed E-state index contributed by atoms with van der Waals surface area (Å²) < 4.78 is 12.3. The SMILES string of the molecule is CC1c2cc(OCc3ccccc3)ccc2N(Cc2ccc(OCCN3CCCCC3)cc2)C1c1ccc(Cl)cc1. The molecule has 4 nitrogen and oxygen atoms in total. The number of likely N-dealkylation sites (tertiary alicyclic amines) is 1. The Labute approximate surface area is 249 Å². The summed E-state index contributed by atoms with van der Waals surface area (Å²) in [5.74, 6) is 2.14. The van der Waals surface area contributed by atoms with Crippen molar-refractivity contribution >= 4 is 17.3 Å². The van der Waals surface area contributed by atoms with E-state index in [0.717, 1.165) is 36.2 Å². The molecule has 0 bridgehead atoms. The molecule has 1 saturated heterocycles. The lowest BCUT2D eigenvalue weighted by atomic mass is 9.91. The van der Waals surface area contributed by atoms with E-state index in [-0.39, 0.29) is 6.04 Å². The van der Waals surface area contributed by atoms with Gasteiger partial charge in [0.05, 0.1) is 6.04 Å². The summed E-state index contributed by atoms with van der Waals surface area (Å²) in [4.78, 5) is 5.04. The van der Waals surface area contributed by atoms with Crippen LogP contribution in [0, 0.1) is 0 Å². The van der Waals surface area contributed by atoms with E-state index >= 15 is 0 Å². The largest absolute Gasteiger partial charge is 0.492 e. The van der Waals surface area contributed by atoms with E-state index < -0.39 is 0 Å². The maximum absolute atomic E-state index is 6.27. The molecule has 212 valence electrons. The predicted octanol–water partition coefficient (Wildman–Crippen LogP) is 8.65. The van der Waals surface area contributed by atoms with Crippen molar-refractivity contribution in [1.82, 2.24) is 4.90 Å². The summed E-state index contributed by atoms with van der Waals surface area (Å²) in [6, 6.07) is 34.0. The molecule has 5 heteroatoms. The fourth-order valence-electron chi connectivity index (χ4n) is 6.25. The minimum absolute atomic E-state index is 0.201. The Morgan fingerprint density at radius 2 is 1.49 bits per heavy atom. The highest BCUT2D eigenvalue weighted by Crippen LogP contribution is 2.50. The Bertz CT molecular complexity index is 1400. The minimum Gasteiger partial charge on any atom is -0.492 e. The fourth-order valence-corrected chi connectivity index (χ4v) is 6.38. The van der Waals surface area contributed by atoms with Crippen LogP contribution in [-0.2, 0) is 13.2 Å². The number of hydrogen-bond acceptors (Lipinski definition) is 4. The first-order valence-corrected chi connectivity index (χ1v) is 15.3. The van der Waals surface area contributed by atoms with E-state index in [1.807, 2.05) is 30.3 Å². The zero-order valence-corrected chi connectivity index (χ0v) is 24.6. The zero-order valence-electron chi connectivity index (χ0n) is 23.8. The molecule has 0 N–H and O–H groups in total. The van der Waals surface area contributed by atoms with E-state index in [1.165, 1.54) is 60.3 Å². The lowest BCUT2D eigenvalue weighted by molar-refractivity contribution is 0.183. The van der Waals surface area contributed by atoms with Crippen LogP contribution in [0.2, 0.25) is 5.02 Å². The van der Waals surface area contributed by atoms with Crippen molar-refractivity contribution < 1.29 is 9.47 Å². The van der Waals surface area contributed by atoms with Crippen LogP contribution in [-0.4, -0.2) is 31.1 Å². The normalized spacial score (nSPS) is 18.7. The third-order valence-electron chi connectivity index (χ3n) is 8.47. The van der Waals surface area contributed by atoms with E-state index in [1.54, 1.807) is 0 Å². The van der Waals surface area contributed by atoms with Gasteiger partial charge in [-0.1, -0.05) is 79.5 Å². The smallest absolute Gasteiger partial charge is 0.120 e. The highest BCUT2D eigenvalue weighted by Gasteiger charge is 2.37. The number of halogens is 1. The number of fused-ring (bicyclic) bond motifs is 1. The van der Waals surface area contributed by atoms with Gasteiger partial charge in [-0.05, 0) is 90.6 Å². The lowest BCUT2D eigenvalue weighted by Crippen LogP contribution is -2.33. The van der Waals surface area contributed by atoms with Crippen molar-refractivity contribution in [2.24, 2.45) is 0 Å². The summed E-state index contributed by atoms with van der Waals surface area (Å²) in [6.45, 7) is 7.83.